The van der Waals surface area contributed by atoms with Crippen LogP contribution in [0.5, 0.6) is 0 Å². The average molecular weight is 402 g/mol. The molecule has 4 aromatic rings. The number of halogens is 1. The van der Waals surface area contributed by atoms with Crippen molar-refractivity contribution in [2.24, 2.45) is 0 Å². The highest BCUT2D eigenvalue weighted by Crippen LogP contribution is 2.27. The van der Waals surface area contributed by atoms with E-state index in [1.54, 1.807) is 24.3 Å². The van der Waals surface area contributed by atoms with Gasteiger partial charge in [-0.15, -0.1) is 0 Å². The number of para-hydroxylation sites is 2. The van der Waals surface area contributed by atoms with Crippen LogP contribution >= 0.6 is 11.6 Å². The molecule has 0 spiro atoms. The van der Waals surface area contributed by atoms with Gasteiger partial charge in [-0.3, -0.25) is 4.79 Å². The Bertz CT molecular complexity index is 1180. The van der Waals surface area contributed by atoms with Crippen LogP contribution in [-0.4, -0.2) is 26.4 Å². The molecule has 1 aromatic heterocycles. The summed E-state index contributed by atoms with van der Waals surface area (Å²) in [6, 6.07) is 23.7. The van der Waals surface area contributed by atoms with E-state index in [4.69, 9.17) is 11.6 Å². The monoisotopic (exact) mass is 401 g/mol. The molecule has 29 heavy (non-hydrogen) atoms. The number of carbonyl (C=O) groups is 1. The number of carbonyl (C=O) groups excluding carboxylic acids is 1. The highest BCUT2D eigenvalue weighted by atomic mass is 35.5. The first-order chi connectivity index (χ1) is 14.2. The van der Waals surface area contributed by atoms with Gasteiger partial charge in [-0.1, -0.05) is 48.0 Å². The van der Waals surface area contributed by atoms with Crippen molar-refractivity contribution in [1.29, 1.82) is 0 Å². The van der Waals surface area contributed by atoms with E-state index in [1.165, 1.54) is 11.1 Å². The molecule has 5 heteroatoms. The molecule has 0 saturated carbocycles. The molecule has 0 fully saturated rings. The van der Waals surface area contributed by atoms with Gasteiger partial charge >= 0.3 is 0 Å². The highest BCUT2D eigenvalue weighted by molar-refractivity contribution is 6.30. The highest BCUT2D eigenvalue weighted by Gasteiger charge is 2.30. The van der Waals surface area contributed by atoms with E-state index in [2.05, 4.69) is 33.8 Å². The fourth-order valence-electron chi connectivity index (χ4n) is 4.13. The lowest BCUT2D eigenvalue weighted by molar-refractivity contribution is 0.0620. The van der Waals surface area contributed by atoms with Crippen LogP contribution < -0.4 is 0 Å². The van der Waals surface area contributed by atoms with Gasteiger partial charge in [-0.25, -0.2) is 4.98 Å². The molecule has 0 aliphatic carbocycles. The van der Waals surface area contributed by atoms with Gasteiger partial charge in [0.25, 0.3) is 5.91 Å². The summed E-state index contributed by atoms with van der Waals surface area (Å²) in [6.45, 7) is 1.31. The van der Waals surface area contributed by atoms with Crippen molar-refractivity contribution in [1.82, 2.24) is 14.5 Å². The second-order valence-electron chi connectivity index (χ2n) is 7.45. The average Bonchev–Trinajstić information content (AvgIpc) is 3.16. The van der Waals surface area contributed by atoms with Crippen molar-refractivity contribution in [3.63, 3.8) is 0 Å². The van der Waals surface area contributed by atoms with E-state index >= 15 is 0 Å². The van der Waals surface area contributed by atoms with Crippen LogP contribution in [0.1, 0.15) is 21.5 Å². The van der Waals surface area contributed by atoms with Crippen molar-refractivity contribution in [2.75, 3.05) is 0 Å². The number of aromatic nitrogens is 2. The van der Waals surface area contributed by atoms with E-state index in [0.717, 1.165) is 17.5 Å². The van der Waals surface area contributed by atoms with Crippen LogP contribution in [0.15, 0.2) is 79.1 Å². The molecule has 0 saturated heterocycles. The van der Waals surface area contributed by atoms with Crippen molar-refractivity contribution < 1.29 is 4.79 Å². The van der Waals surface area contributed by atoms with Crippen molar-refractivity contribution in [2.45, 2.75) is 25.6 Å². The Labute approximate surface area is 174 Å². The predicted molar refractivity (Wildman–Crippen MR) is 115 cm³/mol. The number of nitrogens with zero attached hydrogens (tertiary/aromatic N) is 3. The quantitative estimate of drug-likeness (QED) is 0.486. The van der Waals surface area contributed by atoms with Gasteiger partial charge in [0.15, 0.2) is 0 Å². The van der Waals surface area contributed by atoms with Crippen LogP contribution in [-0.2, 0) is 19.5 Å². The zero-order chi connectivity index (χ0) is 19.8. The third-order valence-corrected chi connectivity index (χ3v) is 5.89. The molecular weight excluding hydrogens is 382 g/mol. The second-order valence-corrected chi connectivity index (χ2v) is 7.89. The molecule has 4 nitrogen and oxygen atoms in total. The summed E-state index contributed by atoms with van der Waals surface area (Å²) in [4.78, 5) is 19.9. The molecule has 1 atom stereocenters. The van der Waals surface area contributed by atoms with E-state index in [9.17, 15) is 4.79 Å². The zero-order valence-corrected chi connectivity index (χ0v) is 16.6. The summed E-state index contributed by atoms with van der Waals surface area (Å²) in [6.07, 6.45) is 2.69. The molecule has 144 valence electrons. The second kappa shape index (κ2) is 7.37. The third-order valence-electron chi connectivity index (χ3n) is 5.64. The Balaban J connectivity index is 1.51. The Kier molecular flexibility index (Phi) is 4.57. The Morgan fingerprint density at radius 2 is 1.69 bits per heavy atom. The number of amides is 1. The summed E-state index contributed by atoms with van der Waals surface area (Å²) >= 11 is 6.01. The van der Waals surface area contributed by atoms with Gasteiger partial charge < -0.3 is 9.47 Å². The lowest BCUT2D eigenvalue weighted by atomic mass is 9.93. The molecular formula is C24H20ClN3O. The van der Waals surface area contributed by atoms with E-state index in [0.29, 0.717) is 23.7 Å². The molecule has 5 rings (SSSR count). The molecule has 0 unspecified atom stereocenters. The zero-order valence-electron chi connectivity index (χ0n) is 15.8. The number of hydrogen-bond acceptors (Lipinski definition) is 2. The minimum Gasteiger partial charge on any atom is -0.329 e. The molecule has 0 bridgehead atoms. The molecule has 0 radical (unpaired) electrons. The lowest BCUT2D eigenvalue weighted by Crippen LogP contribution is -2.46. The Hall–Kier alpha value is -3.11. The van der Waals surface area contributed by atoms with Crippen molar-refractivity contribution in [3.8, 4) is 0 Å². The van der Waals surface area contributed by atoms with E-state index in [1.807, 2.05) is 35.5 Å². The number of benzene rings is 3. The van der Waals surface area contributed by atoms with Crippen molar-refractivity contribution >= 4 is 28.5 Å². The number of rotatable bonds is 3. The first-order valence-electron chi connectivity index (χ1n) is 9.72. The smallest absolute Gasteiger partial charge is 0.254 e. The van der Waals surface area contributed by atoms with Gasteiger partial charge in [-0.05, 0) is 53.9 Å². The number of fused-ring (bicyclic) bond motifs is 2. The van der Waals surface area contributed by atoms with Crippen molar-refractivity contribution in [3.05, 3.63) is 101 Å². The SMILES string of the molecule is O=C(c1ccc(Cl)cc1)N1Cc2ccccc2C[C@H]1Cn1cnc2ccccc21. The third kappa shape index (κ3) is 3.40. The minimum atomic E-state index is 0.0330. The summed E-state index contributed by atoms with van der Waals surface area (Å²) in [5.74, 6) is 0.0330. The Morgan fingerprint density at radius 1 is 0.966 bits per heavy atom. The van der Waals surface area contributed by atoms with Gasteiger partial charge in [0.05, 0.1) is 23.4 Å². The van der Waals surface area contributed by atoms with Gasteiger partial charge in [0, 0.05) is 23.7 Å². The van der Waals surface area contributed by atoms with Gasteiger partial charge in [-0.2, -0.15) is 0 Å². The molecule has 1 aliphatic heterocycles. The molecule has 0 N–H and O–H groups in total. The predicted octanol–water partition coefficient (Wildman–Crippen LogP) is 4.96. The molecule has 2 heterocycles. The van der Waals surface area contributed by atoms with Gasteiger partial charge in [0.2, 0.25) is 0 Å². The maximum absolute atomic E-state index is 13.4. The molecule has 3 aromatic carbocycles. The number of imidazole rings is 1. The van der Waals surface area contributed by atoms with Gasteiger partial charge in [0.1, 0.15) is 0 Å². The van der Waals surface area contributed by atoms with Crippen LogP contribution in [0, 0.1) is 0 Å². The first-order valence-corrected chi connectivity index (χ1v) is 10.1. The normalized spacial score (nSPS) is 16.0. The summed E-state index contributed by atoms with van der Waals surface area (Å²) < 4.78 is 2.15. The van der Waals surface area contributed by atoms with Crippen LogP contribution in [0.2, 0.25) is 5.02 Å². The van der Waals surface area contributed by atoms with Crippen LogP contribution in [0.25, 0.3) is 11.0 Å². The van der Waals surface area contributed by atoms with Crippen LogP contribution in [0.4, 0.5) is 0 Å². The Morgan fingerprint density at radius 3 is 2.52 bits per heavy atom. The summed E-state index contributed by atoms with van der Waals surface area (Å²) in [5.41, 5.74) is 5.24. The fraction of sp³-hybridized carbons (Fsp3) is 0.167. The maximum Gasteiger partial charge on any atom is 0.254 e. The lowest BCUT2D eigenvalue weighted by Gasteiger charge is -2.37. The first kappa shape index (κ1) is 18.0. The molecule has 1 amide bonds. The standard InChI is InChI=1S/C24H20ClN3O/c25-20-11-9-17(10-12-20)24(29)28-14-19-6-2-1-5-18(19)13-21(28)15-27-16-26-22-7-3-4-8-23(22)27/h1-12,16,21H,13-15H2/t21-/m0/s1. The largest absolute Gasteiger partial charge is 0.329 e. The van der Waals surface area contributed by atoms with E-state index < -0.39 is 0 Å². The fourth-order valence-corrected chi connectivity index (χ4v) is 4.26. The summed E-state index contributed by atoms with van der Waals surface area (Å²) in [7, 11) is 0. The molecule has 1 aliphatic rings. The topological polar surface area (TPSA) is 38.1 Å². The summed E-state index contributed by atoms with van der Waals surface area (Å²) in [5, 5.41) is 0.631. The van der Waals surface area contributed by atoms with E-state index in [-0.39, 0.29) is 11.9 Å². The number of hydrogen-bond donors (Lipinski definition) is 0. The van der Waals surface area contributed by atoms with Crippen LogP contribution in [0.3, 0.4) is 0 Å². The maximum atomic E-state index is 13.4. The minimum absolute atomic E-state index is 0.0330.